The van der Waals surface area contributed by atoms with Crippen molar-refractivity contribution >= 4 is 12.1 Å². The van der Waals surface area contributed by atoms with Gasteiger partial charge in [-0.3, -0.25) is 4.90 Å². The van der Waals surface area contributed by atoms with Gasteiger partial charge in [-0.25, -0.2) is 9.59 Å². The molecule has 0 heterocycles. The minimum Gasteiger partial charge on any atom is -0.492 e. The van der Waals surface area contributed by atoms with Gasteiger partial charge in [0.1, 0.15) is 25.0 Å². The highest BCUT2D eigenvalue weighted by atomic mass is 16.6. The van der Waals surface area contributed by atoms with Crippen molar-refractivity contribution < 1.29 is 24.2 Å². The Hall–Kier alpha value is -3.02. The number of benzene rings is 2. The Kier molecular flexibility index (Phi) is 6.83. The minimum atomic E-state index is -1.10. The largest absolute Gasteiger partial charge is 0.492 e. The lowest BCUT2D eigenvalue weighted by Crippen LogP contribution is -2.45. The molecule has 1 N–H and O–H groups in total. The Morgan fingerprint density at radius 2 is 1.64 bits per heavy atom. The molecule has 0 aliphatic carbocycles. The highest BCUT2D eigenvalue weighted by Crippen LogP contribution is 2.10. The van der Waals surface area contributed by atoms with Crippen LogP contribution in [-0.2, 0) is 16.1 Å². The van der Waals surface area contributed by atoms with Gasteiger partial charge < -0.3 is 14.6 Å². The maximum absolute atomic E-state index is 12.3. The summed E-state index contributed by atoms with van der Waals surface area (Å²) in [6.07, 6.45) is -0.685. The van der Waals surface area contributed by atoms with Crippen LogP contribution in [-0.4, -0.2) is 41.3 Å². The summed E-state index contributed by atoms with van der Waals surface area (Å²) < 4.78 is 10.8. The number of para-hydroxylation sites is 1. The molecule has 2 aromatic rings. The van der Waals surface area contributed by atoms with Gasteiger partial charge in [-0.15, -0.1) is 0 Å². The lowest BCUT2D eigenvalue weighted by atomic mass is 10.2. The fraction of sp³-hybridized carbons (Fsp3) is 0.263. The summed E-state index contributed by atoms with van der Waals surface area (Å²) in [5.41, 5.74) is 0.833. The fourth-order valence-corrected chi connectivity index (χ4v) is 2.16. The molecule has 0 aliphatic heterocycles. The number of rotatable bonds is 8. The number of carboxylic acids is 1. The number of carbonyl (C=O) groups is 2. The minimum absolute atomic E-state index is 0.0854. The summed E-state index contributed by atoms with van der Waals surface area (Å²) in [5, 5.41) is 9.21. The number of carbonyl (C=O) groups excluding carboxylic acids is 1. The summed E-state index contributed by atoms with van der Waals surface area (Å²) in [4.78, 5) is 24.7. The Balaban J connectivity index is 1.92. The van der Waals surface area contributed by atoms with Gasteiger partial charge >= 0.3 is 12.1 Å². The van der Waals surface area contributed by atoms with Crippen molar-refractivity contribution in [2.45, 2.75) is 19.6 Å². The second-order valence-electron chi connectivity index (χ2n) is 5.41. The van der Waals surface area contributed by atoms with Crippen molar-refractivity contribution in [2.24, 2.45) is 0 Å². The van der Waals surface area contributed by atoms with Crippen molar-refractivity contribution in [3.05, 3.63) is 66.2 Å². The number of amides is 1. The normalized spacial score (nSPS) is 11.4. The van der Waals surface area contributed by atoms with Gasteiger partial charge in [-0.2, -0.15) is 0 Å². The zero-order chi connectivity index (χ0) is 18.1. The molecule has 0 spiro atoms. The van der Waals surface area contributed by atoms with Crippen LogP contribution in [0.4, 0.5) is 4.79 Å². The first-order chi connectivity index (χ1) is 12.1. The molecular formula is C19H21NO5. The smallest absolute Gasteiger partial charge is 0.410 e. The van der Waals surface area contributed by atoms with Crippen LogP contribution in [0.15, 0.2) is 60.7 Å². The van der Waals surface area contributed by atoms with Crippen LogP contribution in [0.3, 0.4) is 0 Å². The van der Waals surface area contributed by atoms with Crippen LogP contribution in [0, 0.1) is 0 Å². The first-order valence-electron chi connectivity index (χ1n) is 7.96. The number of nitrogens with zero attached hydrogens (tertiary/aromatic N) is 1. The predicted molar refractivity (Wildman–Crippen MR) is 92.4 cm³/mol. The zero-order valence-corrected chi connectivity index (χ0v) is 14.0. The molecule has 1 atom stereocenters. The second-order valence-corrected chi connectivity index (χ2v) is 5.41. The Morgan fingerprint density at radius 3 is 2.24 bits per heavy atom. The van der Waals surface area contributed by atoms with Gasteiger partial charge in [0.25, 0.3) is 0 Å². The van der Waals surface area contributed by atoms with E-state index < -0.39 is 18.1 Å². The van der Waals surface area contributed by atoms with E-state index in [4.69, 9.17) is 9.47 Å². The molecule has 6 nitrogen and oxygen atoms in total. The number of ether oxygens (including phenoxy) is 2. The lowest BCUT2D eigenvalue weighted by Gasteiger charge is -2.25. The number of hydrogen-bond acceptors (Lipinski definition) is 4. The predicted octanol–water partition coefficient (Wildman–Crippen LogP) is 3.18. The van der Waals surface area contributed by atoms with E-state index in [1.165, 1.54) is 6.92 Å². The summed E-state index contributed by atoms with van der Waals surface area (Å²) in [6, 6.07) is 17.3. The van der Waals surface area contributed by atoms with Crippen LogP contribution < -0.4 is 4.74 Å². The molecule has 1 amide bonds. The fourth-order valence-electron chi connectivity index (χ4n) is 2.16. The Bertz CT molecular complexity index is 675. The van der Waals surface area contributed by atoms with Gasteiger partial charge in [-0.1, -0.05) is 48.5 Å². The third-order valence-corrected chi connectivity index (χ3v) is 3.61. The molecule has 0 bridgehead atoms. The van der Waals surface area contributed by atoms with Crippen LogP contribution in [0.2, 0.25) is 0 Å². The van der Waals surface area contributed by atoms with Gasteiger partial charge in [0.15, 0.2) is 0 Å². The average Bonchev–Trinajstić information content (AvgIpc) is 2.64. The Morgan fingerprint density at radius 1 is 1.04 bits per heavy atom. The third-order valence-electron chi connectivity index (χ3n) is 3.61. The van der Waals surface area contributed by atoms with Crippen molar-refractivity contribution in [3.63, 3.8) is 0 Å². The monoisotopic (exact) mass is 343 g/mol. The average molecular weight is 343 g/mol. The Labute approximate surface area is 146 Å². The summed E-state index contributed by atoms with van der Waals surface area (Å²) in [5.74, 6) is -0.445. The molecule has 0 aliphatic rings. The van der Waals surface area contributed by atoms with Gasteiger partial charge in [0.05, 0.1) is 6.54 Å². The summed E-state index contributed by atoms with van der Waals surface area (Å²) in [6.45, 7) is 1.80. The highest BCUT2D eigenvalue weighted by Gasteiger charge is 2.26. The van der Waals surface area contributed by atoms with Crippen molar-refractivity contribution in [1.82, 2.24) is 4.90 Å². The molecule has 132 valence electrons. The molecule has 6 heteroatoms. The number of aliphatic carboxylic acids is 1. The van der Waals surface area contributed by atoms with Crippen molar-refractivity contribution in [2.75, 3.05) is 13.2 Å². The first-order valence-corrected chi connectivity index (χ1v) is 7.96. The quantitative estimate of drug-likeness (QED) is 0.797. The van der Waals surface area contributed by atoms with Crippen LogP contribution >= 0.6 is 0 Å². The van der Waals surface area contributed by atoms with Crippen LogP contribution in [0.1, 0.15) is 12.5 Å². The van der Waals surface area contributed by atoms with E-state index in [2.05, 4.69) is 0 Å². The standard InChI is InChI=1S/C19H21NO5/c1-15(18(21)22)20(12-13-24-17-10-6-3-7-11-17)19(23)25-14-16-8-4-2-5-9-16/h2-11,15H,12-14H2,1H3,(H,21,22). The van der Waals surface area contributed by atoms with E-state index in [1.54, 1.807) is 12.1 Å². The molecule has 0 aromatic heterocycles. The highest BCUT2D eigenvalue weighted by molar-refractivity contribution is 5.79. The zero-order valence-electron chi connectivity index (χ0n) is 14.0. The maximum atomic E-state index is 12.3. The number of carboxylic acid groups (broad SMARTS) is 1. The first kappa shape index (κ1) is 18.3. The molecule has 2 aromatic carbocycles. The molecule has 1 unspecified atom stereocenters. The lowest BCUT2D eigenvalue weighted by molar-refractivity contribution is -0.142. The van der Waals surface area contributed by atoms with E-state index in [1.807, 2.05) is 48.5 Å². The maximum Gasteiger partial charge on any atom is 0.410 e. The molecular weight excluding hydrogens is 322 g/mol. The topological polar surface area (TPSA) is 76.1 Å². The molecule has 0 saturated heterocycles. The van der Waals surface area contributed by atoms with Crippen molar-refractivity contribution in [3.8, 4) is 5.75 Å². The van der Waals surface area contributed by atoms with E-state index in [-0.39, 0.29) is 19.8 Å². The SMILES string of the molecule is CC(C(=O)O)N(CCOc1ccccc1)C(=O)OCc1ccccc1. The van der Waals surface area contributed by atoms with E-state index in [0.29, 0.717) is 5.75 Å². The molecule has 0 radical (unpaired) electrons. The van der Waals surface area contributed by atoms with E-state index in [0.717, 1.165) is 10.5 Å². The van der Waals surface area contributed by atoms with E-state index in [9.17, 15) is 14.7 Å². The molecule has 0 fully saturated rings. The van der Waals surface area contributed by atoms with Crippen molar-refractivity contribution in [1.29, 1.82) is 0 Å². The van der Waals surface area contributed by atoms with Gasteiger partial charge in [-0.05, 0) is 24.6 Å². The molecule has 25 heavy (non-hydrogen) atoms. The second kappa shape index (κ2) is 9.32. The summed E-state index contributed by atoms with van der Waals surface area (Å²) >= 11 is 0. The third kappa shape index (κ3) is 5.84. The van der Waals surface area contributed by atoms with Crippen LogP contribution in [0.5, 0.6) is 5.75 Å². The molecule has 2 rings (SSSR count). The van der Waals surface area contributed by atoms with Gasteiger partial charge in [0, 0.05) is 0 Å². The summed E-state index contributed by atoms with van der Waals surface area (Å²) in [7, 11) is 0. The molecule has 0 saturated carbocycles. The van der Waals surface area contributed by atoms with Crippen LogP contribution in [0.25, 0.3) is 0 Å². The van der Waals surface area contributed by atoms with E-state index >= 15 is 0 Å². The van der Waals surface area contributed by atoms with Gasteiger partial charge in [0.2, 0.25) is 0 Å². The number of hydrogen-bond donors (Lipinski definition) is 1.